The van der Waals surface area contributed by atoms with Gasteiger partial charge >= 0.3 is 0 Å². The fourth-order valence-electron chi connectivity index (χ4n) is 2.55. The third-order valence-corrected chi connectivity index (χ3v) is 5.24. The molecule has 0 amide bonds. The molecule has 134 valence electrons. The summed E-state index contributed by atoms with van der Waals surface area (Å²) in [4.78, 5) is 12.8. The van der Waals surface area contributed by atoms with Crippen molar-refractivity contribution in [3.63, 3.8) is 0 Å². The molecule has 2 heterocycles. The number of nitrogens with one attached hydrogen (secondary N) is 1. The fourth-order valence-corrected chi connectivity index (χ4v) is 3.38. The second-order valence-corrected chi connectivity index (χ2v) is 7.30. The lowest BCUT2D eigenvalue weighted by Crippen LogP contribution is -2.03. The Hall–Kier alpha value is -2.71. The van der Waals surface area contributed by atoms with E-state index in [2.05, 4.69) is 52.1 Å². The first-order chi connectivity index (χ1) is 13.1. The van der Waals surface area contributed by atoms with E-state index in [-0.39, 0.29) is 5.88 Å². The van der Waals surface area contributed by atoms with Crippen LogP contribution in [0.25, 0.3) is 10.9 Å². The average Bonchev–Trinajstić information content (AvgIpc) is 2.69. The number of ether oxygens (including phenoxy) is 1. The van der Waals surface area contributed by atoms with Gasteiger partial charge < -0.3 is 15.8 Å². The molecule has 3 N–H and O–H groups in total. The number of para-hydroxylation sites is 1. The number of aromatic nitrogens is 3. The van der Waals surface area contributed by atoms with Gasteiger partial charge in [-0.25, -0.2) is 4.98 Å². The van der Waals surface area contributed by atoms with Crippen LogP contribution in [-0.4, -0.2) is 15.0 Å². The van der Waals surface area contributed by atoms with Crippen molar-refractivity contribution < 1.29 is 4.74 Å². The van der Waals surface area contributed by atoms with Crippen molar-refractivity contribution in [1.29, 1.82) is 0 Å². The Morgan fingerprint density at radius 1 is 0.889 bits per heavy atom. The first kappa shape index (κ1) is 17.7. The minimum Gasteiger partial charge on any atom is -0.435 e. The van der Waals surface area contributed by atoms with E-state index in [0.717, 1.165) is 20.0 Å². The van der Waals surface area contributed by atoms with Gasteiger partial charge in [0.25, 0.3) is 0 Å². The van der Waals surface area contributed by atoms with E-state index < -0.39 is 0 Å². The van der Waals surface area contributed by atoms with Crippen LogP contribution in [0.3, 0.4) is 0 Å². The van der Waals surface area contributed by atoms with E-state index in [1.165, 1.54) is 6.33 Å². The first-order valence-electron chi connectivity index (χ1n) is 7.96. The van der Waals surface area contributed by atoms with Gasteiger partial charge in [-0.2, -0.15) is 4.98 Å². The van der Waals surface area contributed by atoms with Crippen molar-refractivity contribution in [3.8, 4) is 11.6 Å². The molecule has 0 fully saturated rings. The molecule has 0 atom stereocenters. The molecular weight excluding hydrogens is 474 g/mol. The number of hydrogen-bond donors (Lipinski definition) is 2. The number of hydrogen-bond acceptors (Lipinski definition) is 6. The summed E-state index contributed by atoms with van der Waals surface area (Å²) in [5.74, 6) is 1.28. The number of anilines is 3. The number of nitrogen functional groups attached to an aromatic ring is 1. The van der Waals surface area contributed by atoms with Gasteiger partial charge in [-0.1, -0.05) is 34.1 Å². The number of rotatable bonds is 4. The predicted octanol–water partition coefficient (Wildman–Crippen LogP) is 5.67. The van der Waals surface area contributed by atoms with Crippen LogP contribution in [0.15, 0.2) is 70.0 Å². The number of nitrogens with zero attached hydrogens (tertiary/aromatic N) is 3. The highest BCUT2D eigenvalue weighted by Gasteiger charge is 2.14. The fraction of sp³-hybridized carbons (Fsp3) is 0. The second kappa shape index (κ2) is 7.50. The first-order valence-corrected chi connectivity index (χ1v) is 9.55. The number of benzene rings is 2. The third kappa shape index (κ3) is 3.58. The molecule has 0 aliphatic carbocycles. The zero-order chi connectivity index (χ0) is 18.8. The SMILES string of the molecule is Nc1c(Nc2ccccc2Br)ncnc1Oc1ccc(Br)c2cccnc12. The standard InChI is InChI=1S/C19H13Br2N5O/c20-12-7-8-15(17-11(12)4-3-9-23-17)27-19-16(22)18(24-10-25-19)26-14-6-2-1-5-13(14)21/h1-10H,22H2,(H,24,25,26). The van der Waals surface area contributed by atoms with Gasteiger partial charge in [0.05, 0.1) is 5.69 Å². The van der Waals surface area contributed by atoms with Gasteiger partial charge in [0, 0.05) is 20.5 Å². The third-order valence-electron chi connectivity index (χ3n) is 3.86. The maximum atomic E-state index is 6.25. The molecular formula is C19H13Br2N5O. The maximum Gasteiger partial charge on any atom is 0.248 e. The summed E-state index contributed by atoms with van der Waals surface area (Å²) in [5.41, 5.74) is 8.10. The van der Waals surface area contributed by atoms with Crippen LogP contribution in [0.5, 0.6) is 11.6 Å². The molecule has 6 nitrogen and oxygen atoms in total. The molecule has 0 aliphatic heterocycles. The molecule has 2 aromatic heterocycles. The lowest BCUT2D eigenvalue weighted by Gasteiger charge is -2.13. The molecule has 4 aromatic rings. The number of fused-ring (bicyclic) bond motifs is 1. The lowest BCUT2D eigenvalue weighted by molar-refractivity contribution is 0.469. The lowest BCUT2D eigenvalue weighted by atomic mass is 10.2. The van der Waals surface area contributed by atoms with Crippen molar-refractivity contribution in [2.24, 2.45) is 0 Å². The zero-order valence-electron chi connectivity index (χ0n) is 13.9. The van der Waals surface area contributed by atoms with E-state index in [9.17, 15) is 0 Å². The molecule has 0 unspecified atom stereocenters. The van der Waals surface area contributed by atoms with Gasteiger partial charge in [-0.05, 0) is 46.3 Å². The molecule has 0 radical (unpaired) electrons. The number of nitrogens with two attached hydrogens (primary N) is 1. The minimum absolute atomic E-state index is 0.258. The summed E-state index contributed by atoms with van der Waals surface area (Å²) in [6.07, 6.45) is 3.12. The van der Waals surface area contributed by atoms with Gasteiger partial charge in [-0.3, -0.25) is 4.98 Å². The second-order valence-electron chi connectivity index (χ2n) is 5.59. The normalized spacial score (nSPS) is 10.7. The molecule has 8 heteroatoms. The average molecular weight is 487 g/mol. The number of pyridine rings is 1. The van der Waals surface area contributed by atoms with Crippen LogP contribution in [0.1, 0.15) is 0 Å². The van der Waals surface area contributed by atoms with Crippen LogP contribution in [0, 0.1) is 0 Å². The van der Waals surface area contributed by atoms with E-state index in [0.29, 0.717) is 22.8 Å². The van der Waals surface area contributed by atoms with Gasteiger partial charge in [0.15, 0.2) is 11.6 Å². The quantitative estimate of drug-likeness (QED) is 0.386. The highest BCUT2D eigenvalue weighted by molar-refractivity contribution is 9.11. The minimum atomic E-state index is 0.258. The summed E-state index contributed by atoms with van der Waals surface area (Å²) < 4.78 is 7.81. The molecule has 0 aliphatic rings. The van der Waals surface area contributed by atoms with E-state index in [1.54, 1.807) is 6.20 Å². The Morgan fingerprint density at radius 3 is 2.59 bits per heavy atom. The number of halogens is 2. The summed E-state index contributed by atoms with van der Waals surface area (Å²) >= 11 is 7.02. The Kier molecular flexibility index (Phi) is 4.91. The summed E-state index contributed by atoms with van der Waals surface area (Å²) in [7, 11) is 0. The molecule has 0 bridgehead atoms. The summed E-state index contributed by atoms with van der Waals surface area (Å²) in [6, 6.07) is 15.2. The van der Waals surface area contributed by atoms with Crippen LogP contribution >= 0.6 is 31.9 Å². The maximum absolute atomic E-state index is 6.25. The van der Waals surface area contributed by atoms with Crippen molar-refractivity contribution in [1.82, 2.24) is 15.0 Å². The highest BCUT2D eigenvalue weighted by atomic mass is 79.9. The van der Waals surface area contributed by atoms with Gasteiger partial charge in [0.2, 0.25) is 5.88 Å². The smallest absolute Gasteiger partial charge is 0.248 e. The molecule has 0 saturated heterocycles. The molecule has 0 saturated carbocycles. The van der Waals surface area contributed by atoms with Crippen molar-refractivity contribution >= 4 is 60.0 Å². The predicted molar refractivity (Wildman–Crippen MR) is 113 cm³/mol. The van der Waals surface area contributed by atoms with Crippen molar-refractivity contribution in [2.45, 2.75) is 0 Å². The highest BCUT2D eigenvalue weighted by Crippen LogP contribution is 2.36. The Balaban J connectivity index is 1.70. The van der Waals surface area contributed by atoms with Crippen LogP contribution < -0.4 is 15.8 Å². The Morgan fingerprint density at radius 2 is 1.74 bits per heavy atom. The van der Waals surface area contributed by atoms with Crippen LogP contribution in [0.4, 0.5) is 17.2 Å². The molecule has 2 aromatic carbocycles. The van der Waals surface area contributed by atoms with E-state index >= 15 is 0 Å². The Bertz CT molecular complexity index is 1140. The topological polar surface area (TPSA) is 86.0 Å². The van der Waals surface area contributed by atoms with Gasteiger partial charge in [0.1, 0.15) is 17.5 Å². The summed E-state index contributed by atoms with van der Waals surface area (Å²) in [5, 5.41) is 4.13. The van der Waals surface area contributed by atoms with Crippen molar-refractivity contribution in [2.75, 3.05) is 11.1 Å². The van der Waals surface area contributed by atoms with E-state index in [4.69, 9.17) is 10.5 Å². The largest absolute Gasteiger partial charge is 0.435 e. The van der Waals surface area contributed by atoms with E-state index in [1.807, 2.05) is 48.5 Å². The molecule has 27 heavy (non-hydrogen) atoms. The van der Waals surface area contributed by atoms with Crippen molar-refractivity contribution in [3.05, 3.63) is 70.0 Å². The molecule has 0 spiro atoms. The van der Waals surface area contributed by atoms with Gasteiger partial charge in [-0.15, -0.1) is 0 Å². The van der Waals surface area contributed by atoms with Crippen LogP contribution in [0.2, 0.25) is 0 Å². The molecule has 4 rings (SSSR count). The van der Waals surface area contributed by atoms with Crippen LogP contribution in [-0.2, 0) is 0 Å². The Labute approximate surface area is 172 Å². The zero-order valence-corrected chi connectivity index (χ0v) is 17.0. The monoisotopic (exact) mass is 485 g/mol. The summed E-state index contributed by atoms with van der Waals surface area (Å²) in [6.45, 7) is 0.